The third-order valence-electron chi connectivity index (χ3n) is 3.25. The molecular weight excluding hydrogens is 220 g/mol. The van der Waals surface area contributed by atoms with Gasteiger partial charge in [-0.1, -0.05) is 0 Å². The van der Waals surface area contributed by atoms with Crippen LogP contribution >= 0.6 is 0 Å². The predicted octanol–water partition coefficient (Wildman–Crippen LogP) is 0.0285. The van der Waals surface area contributed by atoms with E-state index in [1.54, 1.807) is 0 Å². The van der Waals surface area contributed by atoms with Crippen LogP contribution in [-0.4, -0.2) is 47.1 Å². The molecule has 5 heteroatoms. The first-order chi connectivity index (χ1) is 8.16. The van der Waals surface area contributed by atoms with Gasteiger partial charge in [-0.25, -0.2) is 0 Å². The molecule has 2 fully saturated rings. The number of imide groups is 1. The number of rotatable bonds is 5. The van der Waals surface area contributed by atoms with Gasteiger partial charge in [0.2, 0.25) is 11.8 Å². The standard InChI is InChI=1S/C12H20N2O3/c15-10(7-13-9-5-6-9)8-14-11(16)3-1-2-4-12(14)17/h9-10,13,15H,1-8H2. The van der Waals surface area contributed by atoms with Gasteiger partial charge in [0.25, 0.3) is 0 Å². The van der Waals surface area contributed by atoms with Crippen LogP contribution in [0.4, 0.5) is 0 Å². The lowest BCUT2D eigenvalue weighted by Crippen LogP contribution is -2.44. The van der Waals surface area contributed by atoms with Crippen LogP contribution in [0.3, 0.4) is 0 Å². The Labute approximate surface area is 101 Å². The van der Waals surface area contributed by atoms with Crippen LogP contribution in [0.2, 0.25) is 0 Å². The minimum Gasteiger partial charge on any atom is -0.390 e. The van der Waals surface area contributed by atoms with Crippen molar-refractivity contribution in [2.45, 2.75) is 50.7 Å². The Morgan fingerprint density at radius 3 is 2.35 bits per heavy atom. The average Bonchev–Trinajstić information content (AvgIpc) is 3.11. The zero-order valence-electron chi connectivity index (χ0n) is 10.0. The maximum Gasteiger partial charge on any atom is 0.229 e. The van der Waals surface area contributed by atoms with E-state index in [1.807, 2.05) is 0 Å². The smallest absolute Gasteiger partial charge is 0.229 e. The van der Waals surface area contributed by atoms with Crippen molar-refractivity contribution in [1.29, 1.82) is 0 Å². The summed E-state index contributed by atoms with van der Waals surface area (Å²) in [5, 5.41) is 13.0. The van der Waals surface area contributed by atoms with Crippen LogP contribution in [0.15, 0.2) is 0 Å². The molecule has 2 aliphatic rings. The third kappa shape index (κ3) is 3.78. The topological polar surface area (TPSA) is 69.6 Å². The molecule has 1 aliphatic heterocycles. The highest BCUT2D eigenvalue weighted by Crippen LogP contribution is 2.18. The van der Waals surface area contributed by atoms with Gasteiger partial charge >= 0.3 is 0 Å². The zero-order chi connectivity index (χ0) is 12.3. The fraction of sp³-hybridized carbons (Fsp3) is 0.833. The predicted molar refractivity (Wildman–Crippen MR) is 62.2 cm³/mol. The van der Waals surface area contributed by atoms with Gasteiger partial charge in [0.05, 0.1) is 12.6 Å². The van der Waals surface area contributed by atoms with Crippen molar-refractivity contribution >= 4 is 11.8 Å². The molecule has 1 heterocycles. The summed E-state index contributed by atoms with van der Waals surface area (Å²) < 4.78 is 0. The van der Waals surface area contributed by atoms with E-state index in [9.17, 15) is 14.7 Å². The Morgan fingerprint density at radius 1 is 1.24 bits per heavy atom. The molecule has 0 bridgehead atoms. The van der Waals surface area contributed by atoms with Crippen LogP contribution in [0, 0.1) is 0 Å². The first kappa shape index (κ1) is 12.5. The third-order valence-corrected chi connectivity index (χ3v) is 3.25. The van der Waals surface area contributed by atoms with Gasteiger partial charge in [0.15, 0.2) is 0 Å². The Bertz CT molecular complexity index is 284. The number of aliphatic hydroxyl groups is 1. The molecule has 96 valence electrons. The number of aliphatic hydroxyl groups excluding tert-OH is 1. The second-order valence-corrected chi connectivity index (χ2v) is 4.94. The van der Waals surface area contributed by atoms with Gasteiger partial charge in [-0.15, -0.1) is 0 Å². The highest BCUT2D eigenvalue weighted by molar-refractivity contribution is 5.96. The quantitative estimate of drug-likeness (QED) is 0.665. The number of nitrogens with zero attached hydrogens (tertiary/aromatic N) is 1. The van der Waals surface area contributed by atoms with Crippen molar-refractivity contribution in [3.63, 3.8) is 0 Å². The molecule has 0 spiro atoms. The molecule has 1 saturated carbocycles. The molecule has 0 aromatic rings. The number of hydrogen-bond donors (Lipinski definition) is 2. The number of carbonyl (C=O) groups excluding carboxylic acids is 2. The molecule has 17 heavy (non-hydrogen) atoms. The average molecular weight is 240 g/mol. The van der Waals surface area contributed by atoms with E-state index in [0.29, 0.717) is 25.4 Å². The molecular formula is C12H20N2O3. The minimum absolute atomic E-state index is 0.136. The van der Waals surface area contributed by atoms with E-state index in [2.05, 4.69) is 5.32 Å². The number of β-amino-alcohol motifs (C(OH)–C–C–N with tert-alkyl or cyclic N) is 1. The van der Waals surface area contributed by atoms with Crippen LogP contribution in [-0.2, 0) is 9.59 Å². The Morgan fingerprint density at radius 2 is 1.82 bits per heavy atom. The van der Waals surface area contributed by atoms with Crippen LogP contribution < -0.4 is 5.32 Å². The lowest BCUT2D eigenvalue weighted by Gasteiger charge is -2.22. The van der Waals surface area contributed by atoms with Crippen molar-refractivity contribution in [1.82, 2.24) is 10.2 Å². The Hall–Kier alpha value is -0.940. The lowest BCUT2D eigenvalue weighted by atomic mass is 10.2. The summed E-state index contributed by atoms with van der Waals surface area (Å²) in [6.45, 7) is 0.596. The highest BCUT2D eigenvalue weighted by atomic mass is 16.3. The number of likely N-dealkylation sites (tertiary alicyclic amines) is 1. The summed E-state index contributed by atoms with van der Waals surface area (Å²) >= 11 is 0. The zero-order valence-corrected chi connectivity index (χ0v) is 10.0. The van der Waals surface area contributed by atoms with Gasteiger partial charge in [-0.3, -0.25) is 14.5 Å². The Kier molecular flexibility index (Phi) is 4.12. The van der Waals surface area contributed by atoms with Crippen LogP contribution in [0.25, 0.3) is 0 Å². The number of nitrogens with one attached hydrogen (secondary N) is 1. The number of carbonyl (C=O) groups is 2. The molecule has 2 rings (SSSR count). The number of amides is 2. The molecule has 5 nitrogen and oxygen atoms in total. The van der Waals surface area contributed by atoms with E-state index in [-0.39, 0.29) is 18.4 Å². The van der Waals surface area contributed by atoms with Crippen molar-refractivity contribution in [2.24, 2.45) is 0 Å². The molecule has 0 aromatic heterocycles. The fourth-order valence-corrected chi connectivity index (χ4v) is 2.03. The summed E-state index contributed by atoms with van der Waals surface area (Å²) in [4.78, 5) is 24.6. The van der Waals surface area contributed by atoms with E-state index in [4.69, 9.17) is 0 Å². The fourth-order valence-electron chi connectivity index (χ4n) is 2.03. The second kappa shape index (κ2) is 5.60. The van der Waals surface area contributed by atoms with E-state index < -0.39 is 6.10 Å². The molecule has 1 atom stereocenters. The van der Waals surface area contributed by atoms with Crippen molar-refractivity contribution in [3.8, 4) is 0 Å². The first-order valence-electron chi connectivity index (χ1n) is 6.41. The molecule has 1 unspecified atom stereocenters. The maximum absolute atomic E-state index is 11.7. The Balaban J connectivity index is 1.80. The molecule has 2 N–H and O–H groups in total. The largest absolute Gasteiger partial charge is 0.390 e. The molecule has 1 aliphatic carbocycles. The second-order valence-electron chi connectivity index (χ2n) is 4.94. The normalized spacial score (nSPS) is 23.7. The lowest BCUT2D eigenvalue weighted by molar-refractivity contribution is -0.145. The molecule has 2 amide bonds. The maximum atomic E-state index is 11.7. The van der Waals surface area contributed by atoms with Gasteiger partial charge in [-0.2, -0.15) is 0 Å². The monoisotopic (exact) mass is 240 g/mol. The summed E-state index contributed by atoms with van der Waals surface area (Å²) in [5.41, 5.74) is 0. The van der Waals surface area contributed by atoms with Gasteiger partial charge in [0, 0.05) is 25.4 Å². The number of hydrogen-bond acceptors (Lipinski definition) is 4. The highest BCUT2D eigenvalue weighted by Gasteiger charge is 2.27. The van der Waals surface area contributed by atoms with E-state index >= 15 is 0 Å². The molecule has 0 radical (unpaired) electrons. The molecule has 1 saturated heterocycles. The van der Waals surface area contributed by atoms with E-state index in [0.717, 1.165) is 25.7 Å². The van der Waals surface area contributed by atoms with Crippen molar-refractivity contribution in [2.75, 3.05) is 13.1 Å². The van der Waals surface area contributed by atoms with Gasteiger partial charge < -0.3 is 10.4 Å². The van der Waals surface area contributed by atoms with Gasteiger partial charge in [-0.05, 0) is 25.7 Å². The minimum atomic E-state index is -0.651. The van der Waals surface area contributed by atoms with Crippen molar-refractivity contribution in [3.05, 3.63) is 0 Å². The van der Waals surface area contributed by atoms with Gasteiger partial charge in [0.1, 0.15) is 0 Å². The summed E-state index contributed by atoms with van der Waals surface area (Å²) in [6.07, 6.45) is 4.07. The van der Waals surface area contributed by atoms with Crippen LogP contribution in [0.5, 0.6) is 0 Å². The summed E-state index contributed by atoms with van der Waals surface area (Å²) in [7, 11) is 0. The SMILES string of the molecule is O=C1CCCCC(=O)N1CC(O)CNC1CC1. The first-order valence-corrected chi connectivity index (χ1v) is 6.41. The van der Waals surface area contributed by atoms with Crippen LogP contribution in [0.1, 0.15) is 38.5 Å². The van der Waals surface area contributed by atoms with Crippen molar-refractivity contribution < 1.29 is 14.7 Å². The summed E-state index contributed by atoms with van der Waals surface area (Å²) in [6, 6.07) is 0.528. The molecule has 0 aromatic carbocycles. The van der Waals surface area contributed by atoms with E-state index in [1.165, 1.54) is 4.90 Å². The summed E-state index contributed by atoms with van der Waals surface area (Å²) in [5.74, 6) is -0.282.